The second kappa shape index (κ2) is 6.14. The molecule has 0 aromatic carbocycles. The lowest BCUT2D eigenvalue weighted by molar-refractivity contribution is -0.117. The highest BCUT2D eigenvalue weighted by Crippen LogP contribution is 2.07. The van der Waals surface area contributed by atoms with Crippen LogP contribution in [0.5, 0.6) is 0 Å². The first-order valence-electron chi connectivity index (χ1n) is 4.28. The van der Waals surface area contributed by atoms with Crippen molar-refractivity contribution in [3.63, 3.8) is 0 Å². The van der Waals surface area contributed by atoms with Crippen LogP contribution in [0, 0.1) is 0 Å². The van der Waals surface area contributed by atoms with Crippen LogP contribution in [0.25, 0.3) is 0 Å². The highest BCUT2D eigenvalue weighted by molar-refractivity contribution is 5.75. The molecule has 0 aromatic rings. The van der Waals surface area contributed by atoms with Gasteiger partial charge in [0.1, 0.15) is 5.78 Å². The maximum Gasteiger partial charge on any atom is 0.129 e. The van der Waals surface area contributed by atoms with Gasteiger partial charge in [-0.05, 0) is 40.0 Å². The first-order valence-corrected chi connectivity index (χ1v) is 4.28. The summed E-state index contributed by atoms with van der Waals surface area (Å²) in [5, 5.41) is 0. The zero-order valence-corrected chi connectivity index (χ0v) is 7.81. The van der Waals surface area contributed by atoms with Crippen molar-refractivity contribution in [2.24, 2.45) is 0 Å². The Kier molecular flexibility index (Phi) is 5.81. The third-order valence-electron chi connectivity index (χ3n) is 1.84. The minimum Gasteiger partial charge on any atom is -0.300 e. The van der Waals surface area contributed by atoms with E-state index in [2.05, 4.69) is 19.9 Å². The molecule has 0 amide bonds. The number of rotatable bonds is 5. The molecule has 64 valence electrons. The number of hydrogen-bond acceptors (Lipinski definition) is 1. The van der Waals surface area contributed by atoms with Crippen LogP contribution in [0.1, 0.15) is 46.5 Å². The molecule has 0 fully saturated rings. The summed E-state index contributed by atoms with van der Waals surface area (Å²) in [7, 11) is 0. The molecule has 0 unspecified atom stereocenters. The van der Waals surface area contributed by atoms with Gasteiger partial charge in [-0.1, -0.05) is 11.6 Å². The Hall–Kier alpha value is -0.590. The van der Waals surface area contributed by atoms with Gasteiger partial charge in [0, 0.05) is 6.42 Å². The van der Waals surface area contributed by atoms with Gasteiger partial charge in [0.15, 0.2) is 0 Å². The first kappa shape index (κ1) is 10.4. The third-order valence-corrected chi connectivity index (χ3v) is 1.84. The van der Waals surface area contributed by atoms with Crippen LogP contribution in [-0.2, 0) is 4.79 Å². The minimum absolute atomic E-state index is 0.308. The lowest BCUT2D eigenvalue weighted by Gasteiger charge is -1.98. The molecule has 0 aliphatic heterocycles. The van der Waals surface area contributed by atoms with Crippen LogP contribution in [0.2, 0.25) is 0 Å². The minimum atomic E-state index is 0.308. The molecule has 0 aliphatic rings. The van der Waals surface area contributed by atoms with Crippen LogP contribution >= 0.6 is 0 Å². The number of hydrogen-bond donors (Lipinski definition) is 0. The van der Waals surface area contributed by atoms with E-state index in [0.29, 0.717) is 5.78 Å². The van der Waals surface area contributed by atoms with E-state index in [-0.39, 0.29) is 0 Å². The highest BCUT2D eigenvalue weighted by Gasteiger charge is 1.93. The van der Waals surface area contributed by atoms with E-state index in [1.165, 1.54) is 5.57 Å². The summed E-state index contributed by atoms with van der Waals surface area (Å²) < 4.78 is 0. The zero-order chi connectivity index (χ0) is 8.69. The molecule has 0 rings (SSSR count). The molecule has 0 saturated carbocycles. The molecule has 0 aromatic heterocycles. The fourth-order valence-corrected chi connectivity index (χ4v) is 0.922. The van der Waals surface area contributed by atoms with E-state index in [9.17, 15) is 4.79 Å². The smallest absolute Gasteiger partial charge is 0.129 e. The van der Waals surface area contributed by atoms with E-state index in [0.717, 1.165) is 25.7 Å². The van der Waals surface area contributed by atoms with Crippen LogP contribution in [0.3, 0.4) is 0 Å². The molecule has 0 radical (unpaired) electrons. The average Bonchev–Trinajstić information content (AvgIpc) is 1.97. The summed E-state index contributed by atoms with van der Waals surface area (Å²) in [6.45, 7) is 5.84. The zero-order valence-electron chi connectivity index (χ0n) is 7.81. The molecule has 0 saturated heterocycles. The Balaban J connectivity index is 3.21. The van der Waals surface area contributed by atoms with Gasteiger partial charge in [0.25, 0.3) is 0 Å². The van der Waals surface area contributed by atoms with Gasteiger partial charge < -0.3 is 4.79 Å². The summed E-state index contributed by atoms with van der Waals surface area (Å²) in [6, 6.07) is 0. The van der Waals surface area contributed by atoms with Crippen LogP contribution in [-0.4, -0.2) is 5.78 Å². The Labute approximate surface area is 69.5 Å². The summed E-state index contributed by atoms with van der Waals surface area (Å²) in [6.07, 6.45) is 6.21. The van der Waals surface area contributed by atoms with Crippen molar-refractivity contribution < 1.29 is 4.79 Å². The first-order chi connectivity index (χ1) is 5.16. The summed E-state index contributed by atoms with van der Waals surface area (Å²) in [4.78, 5) is 10.5. The van der Waals surface area contributed by atoms with E-state index < -0.39 is 0 Å². The second-order valence-electron chi connectivity index (χ2n) is 3.04. The lowest BCUT2D eigenvalue weighted by Crippen LogP contribution is -1.89. The van der Waals surface area contributed by atoms with Crippen molar-refractivity contribution in [1.82, 2.24) is 0 Å². The van der Waals surface area contributed by atoms with Crippen LogP contribution in [0.4, 0.5) is 0 Å². The molecule has 0 atom stereocenters. The maximum atomic E-state index is 10.5. The lowest BCUT2D eigenvalue weighted by atomic mass is 10.1. The number of carbonyl (C=O) groups is 1. The maximum absolute atomic E-state index is 10.5. The van der Waals surface area contributed by atoms with Gasteiger partial charge in [-0.3, -0.25) is 0 Å². The standard InChI is InChI=1S/C10H18O/c1-4-9(2)7-5-6-8-10(3)11/h4H,5-8H2,1-3H3/b9-4+. The predicted molar refractivity (Wildman–Crippen MR) is 48.6 cm³/mol. The number of carbonyl (C=O) groups excluding carboxylic acids is 1. The van der Waals surface area contributed by atoms with Gasteiger partial charge in [0.2, 0.25) is 0 Å². The SMILES string of the molecule is C/C=C(\C)CCCCC(C)=O. The molecule has 0 bridgehead atoms. The summed E-state index contributed by atoms with van der Waals surface area (Å²) >= 11 is 0. The normalized spacial score (nSPS) is 11.7. The molecule has 1 nitrogen and oxygen atoms in total. The van der Waals surface area contributed by atoms with E-state index in [1.54, 1.807) is 6.92 Å². The van der Waals surface area contributed by atoms with Gasteiger partial charge in [0.05, 0.1) is 0 Å². The van der Waals surface area contributed by atoms with Gasteiger partial charge >= 0.3 is 0 Å². The quantitative estimate of drug-likeness (QED) is 0.439. The predicted octanol–water partition coefficient (Wildman–Crippen LogP) is 3.10. The summed E-state index contributed by atoms with van der Waals surface area (Å²) in [5.41, 5.74) is 1.42. The Morgan fingerprint density at radius 1 is 1.18 bits per heavy atom. The van der Waals surface area contributed by atoms with Crippen molar-refractivity contribution in [2.75, 3.05) is 0 Å². The molecule has 11 heavy (non-hydrogen) atoms. The molecule has 1 heteroatoms. The Morgan fingerprint density at radius 3 is 2.18 bits per heavy atom. The number of unbranched alkanes of at least 4 members (excludes halogenated alkanes) is 1. The van der Waals surface area contributed by atoms with Crippen molar-refractivity contribution >= 4 is 5.78 Å². The molecule has 0 aliphatic carbocycles. The molecular formula is C10H18O. The molecule has 0 heterocycles. The van der Waals surface area contributed by atoms with Crippen molar-refractivity contribution in [3.8, 4) is 0 Å². The fraction of sp³-hybridized carbons (Fsp3) is 0.700. The Bertz CT molecular complexity index is 145. The monoisotopic (exact) mass is 154 g/mol. The largest absolute Gasteiger partial charge is 0.300 e. The van der Waals surface area contributed by atoms with E-state index in [1.807, 2.05) is 0 Å². The van der Waals surface area contributed by atoms with Gasteiger partial charge in [-0.25, -0.2) is 0 Å². The van der Waals surface area contributed by atoms with Gasteiger partial charge in [-0.15, -0.1) is 0 Å². The number of Topliss-reactive ketones (excluding diaryl/α,β-unsaturated/α-hetero) is 1. The van der Waals surface area contributed by atoms with Crippen molar-refractivity contribution in [1.29, 1.82) is 0 Å². The van der Waals surface area contributed by atoms with Crippen LogP contribution < -0.4 is 0 Å². The number of ketones is 1. The third kappa shape index (κ3) is 7.31. The summed E-state index contributed by atoms with van der Waals surface area (Å²) in [5.74, 6) is 0.308. The van der Waals surface area contributed by atoms with Crippen LogP contribution in [0.15, 0.2) is 11.6 Å². The average molecular weight is 154 g/mol. The molecular weight excluding hydrogens is 136 g/mol. The van der Waals surface area contributed by atoms with Crippen molar-refractivity contribution in [3.05, 3.63) is 11.6 Å². The fourth-order valence-electron chi connectivity index (χ4n) is 0.922. The second-order valence-corrected chi connectivity index (χ2v) is 3.04. The van der Waals surface area contributed by atoms with Gasteiger partial charge in [-0.2, -0.15) is 0 Å². The van der Waals surface area contributed by atoms with E-state index >= 15 is 0 Å². The molecule has 0 N–H and O–H groups in total. The van der Waals surface area contributed by atoms with Crippen molar-refractivity contribution in [2.45, 2.75) is 46.5 Å². The molecule has 0 spiro atoms. The number of allylic oxidation sites excluding steroid dienone is 2. The van der Waals surface area contributed by atoms with E-state index in [4.69, 9.17) is 0 Å². The topological polar surface area (TPSA) is 17.1 Å². The Morgan fingerprint density at radius 2 is 1.73 bits per heavy atom. The highest BCUT2D eigenvalue weighted by atomic mass is 16.1.